The quantitative estimate of drug-likeness (QED) is 0.613. The van der Waals surface area contributed by atoms with Crippen molar-refractivity contribution in [3.63, 3.8) is 0 Å². The standard InChI is InChI=1S/C13H14F4O2/c1-8(2)6-7-19-12(18)11-9(13(15,16)17)4-3-5-10(11)14/h3-5,8H,6-7H2,1-2H3. The van der Waals surface area contributed by atoms with Gasteiger partial charge in [0.05, 0.1) is 12.2 Å². The Kier molecular flexibility index (Phi) is 4.91. The molecule has 106 valence electrons. The Labute approximate surface area is 108 Å². The highest BCUT2D eigenvalue weighted by Crippen LogP contribution is 2.33. The van der Waals surface area contributed by atoms with Gasteiger partial charge in [-0.15, -0.1) is 0 Å². The molecule has 0 heterocycles. The average molecular weight is 278 g/mol. The minimum absolute atomic E-state index is 0.0396. The van der Waals surface area contributed by atoms with E-state index in [9.17, 15) is 22.4 Å². The minimum atomic E-state index is -4.80. The molecule has 0 N–H and O–H groups in total. The van der Waals surface area contributed by atoms with Gasteiger partial charge in [-0.2, -0.15) is 13.2 Å². The maximum Gasteiger partial charge on any atom is 0.417 e. The SMILES string of the molecule is CC(C)CCOC(=O)c1c(F)cccc1C(F)(F)F. The van der Waals surface area contributed by atoms with Gasteiger partial charge >= 0.3 is 12.1 Å². The summed E-state index contributed by atoms with van der Waals surface area (Å²) in [5.41, 5.74) is -2.37. The number of rotatable bonds is 4. The third kappa shape index (κ3) is 4.22. The first kappa shape index (κ1) is 15.5. The Hall–Kier alpha value is -1.59. The zero-order chi connectivity index (χ0) is 14.6. The second-order valence-corrected chi connectivity index (χ2v) is 4.48. The lowest BCUT2D eigenvalue weighted by molar-refractivity contribution is -0.138. The third-order valence-corrected chi connectivity index (χ3v) is 2.45. The van der Waals surface area contributed by atoms with Crippen LogP contribution in [0.15, 0.2) is 18.2 Å². The van der Waals surface area contributed by atoms with Gasteiger partial charge < -0.3 is 4.74 Å². The number of esters is 1. The number of ether oxygens (including phenoxy) is 1. The van der Waals surface area contributed by atoms with Crippen LogP contribution in [0.4, 0.5) is 17.6 Å². The minimum Gasteiger partial charge on any atom is -0.462 e. The molecule has 0 aliphatic carbocycles. The van der Waals surface area contributed by atoms with Crippen molar-refractivity contribution < 1.29 is 27.1 Å². The van der Waals surface area contributed by atoms with E-state index in [4.69, 9.17) is 0 Å². The second-order valence-electron chi connectivity index (χ2n) is 4.48. The number of alkyl halides is 3. The van der Waals surface area contributed by atoms with Crippen molar-refractivity contribution in [2.45, 2.75) is 26.4 Å². The zero-order valence-electron chi connectivity index (χ0n) is 10.6. The van der Waals surface area contributed by atoms with Crippen molar-refractivity contribution in [2.24, 2.45) is 5.92 Å². The molecule has 0 aliphatic heterocycles. The number of carbonyl (C=O) groups excluding carboxylic acids is 1. The van der Waals surface area contributed by atoms with Crippen LogP contribution in [0.5, 0.6) is 0 Å². The van der Waals surface area contributed by atoms with E-state index in [-0.39, 0.29) is 12.5 Å². The highest BCUT2D eigenvalue weighted by Gasteiger charge is 2.37. The molecule has 0 radical (unpaired) electrons. The van der Waals surface area contributed by atoms with Crippen molar-refractivity contribution in [2.75, 3.05) is 6.61 Å². The van der Waals surface area contributed by atoms with E-state index < -0.39 is 29.1 Å². The molecule has 0 unspecified atom stereocenters. The summed E-state index contributed by atoms with van der Waals surface area (Å²) in [7, 11) is 0. The Bertz CT molecular complexity index is 452. The molecule has 0 saturated carbocycles. The van der Waals surface area contributed by atoms with Gasteiger partial charge in [-0.25, -0.2) is 9.18 Å². The average Bonchev–Trinajstić information content (AvgIpc) is 2.26. The summed E-state index contributed by atoms with van der Waals surface area (Å²) in [6, 6.07) is 2.36. The first-order valence-electron chi connectivity index (χ1n) is 5.76. The molecule has 0 bridgehead atoms. The van der Waals surface area contributed by atoms with E-state index >= 15 is 0 Å². The van der Waals surface area contributed by atoms with E-state index in [1.165, 1.54) is 0 Å². The number of hydrogen-bond acceptors (Lipinski definition) is 2. The predicted octanol–water partition coefficient (Wildman–Crippen LogP) is 4.05. The number of carbonyl (C=O) groups is 1. The van der Waals surface area contributed by atoms with Crippen LogP contribution >= 0.6 is 0 Å². The van der Waals surface area contributed by atoms with Gasteiger partial charge in [0.15, 0.2) is 0 Å². The molecule has 1 aromatic rings. The van der Waals surface area contributed by atoms with E-state index in [0.717, 1.165) is 12.1 Å². The van der Waals surface area contributed by atoms with Crippen molar-refractivity contribution in [1.29, 1.82) is 0 Å². The molecular formula is C13H14F4O2. The topological polar surface area (TPSA) is 26.3 Å². The van der Waals surface area contributed by atoms with Crippen LogP contribution in [0.2, 0.25) is 0 Å². The van der Waals surface area contributed by atoms with Crippen molar-refractivity contribution >= 4 is 5.97 Å². The molecule has 0 spiro atoms. The van der Waals surface area contributed by atoms with Gasteiger partial charge in [-0.05, 0) is 24.5 Å². The fraction of sp³-hybridized carbons (Fsp3) is 0.462. The number of halogens is 4. The van der Waals surface area contributed by atoms with E-state index in [1.807, 2.05) is 13.8 Å². The van der Waals surface area contributed by atoms with Crippen LogP contribution in [0.3, 0.4) is 0 Å². The molecule has 0 fully saturated rings. The summed E-state index contributed by atoms with van der Waals surface area (Å²) in [6.07, 6.45) is -4.30. The van der Waals surface area contributed by atoms with Crippen molar-refractivity contribution in [1.82, 2.24) is 0 Å². The molecule has 0 atom stereocenters. The predicted molar refractivity (Wildman–Crippen MR) is 61.1 cm³/mol. The summed E-state index contributed by atoms with van der Waals surface area (Å²) in [5, 5.41) is 0. The molecule has 1 aromatic carbocycles. The Morgan fingerprint density at radius 3 is 2.47 bits per heavy atom. The molecule has 0 aromatic heterocycles. The summed E-state index contributed by atoms with van der Waals surface area (Å²) in [5.74, 6) is -2.29. The van der Waals surface area contributed by atoms with Gasteiger partial charge in [-0.1, -0.05) is 19.9 Å². The second kappa shape index (κ2) is 6.04. The summed E-state index contributed by atoms with van der Waals surface area (Å²) in [4.78, 5) is 11.6. The molecule has 2 nitrogen and oxygen atoms in total. The monoisotopic (exact) mass is 278 g/mol. The van der Waals surface area contributed by atoms with Crippen LogP contribution in [0.25, 0.3) is 0 Å². The van der Waals surface area contributed by atoms with Crippen LogP contribution in [0, 0.1) is 11.7 Å². The van der Waals surface area contributed by atoms with Gasteiger partial charge in [-0.3, -0.25) is 0 Å². The lowest BCUT2D eigenvalue weighted by atomic mass is 10.1. The Morgan fingerprint density at radius 1 is 1.32 bits per heavy atom. The molecule has 0 saturated heterocycles. The first-order valence-corrected chi connectivity index (χ1v) is 5.76. The van der Waals surface area contributed by atoms with Gasteiger partial charge in [0.25, 0.3) is 0 Å². The Morgan fingerprint density at radius 2 is 1.95 bits per heavy atom. The largest absolute Gasteiger partial charge is 0.462 e. The van der Waals surface area contributed by atoms with Gasteiger partial charge in [0, 0.05) is 0 Å². The molecular weight excluding hydrogens is 264 g/mol. The zero-order valence-corrected chi connectivity index (χ0v) is 10.6. The number of benzene rings is 1. The van der Waals surface area contributed by atoms with Crippen LogP contribution in [0.1, 0.15) is 36.2 Å². The molecule has 19 heavy (non-hydrogen) atoms. The van der Waals surface area contributed by atoms with E-state index in [0.29, 0.717) is 12.5 Å². The van der Waals surface area contributed by atoms with Crippen molar-refractivity contribution in [3.05, 3.63) is 35.1 Å². The van der Waals surface area contributed by atoms with E-state index in [2.05, 4.69) is 4.74 Å². The summed E-state index contributed by atoms with van der Waals surface area (Å²) in [6.45, 7) is 3.71. The van der Waals surface area contributed by atoms with Crippen LogP contribution < -0.4 is 0 Å². The first-order chi connectivity index (χ1) is 8.73. The fourth-order valence-electron chi connectivity index (χ4n) is 1.43. The van der Waals surface area contributed by atoms with E-state index in [1.54, 1.807) is 0 Å². The lowest BCUT2D eigenvalue weighted by Crippen LogP contribution is -2.17. The fourth-order valence-corrected chi connectivity index (χ4v) is 1.43. The van der Waals surface area contributed by atoms with Gasteiger partial charge in [0.1, 0.15) is 11.4 Å². The van der Waals surface area contributed by atoms with Crippen molar-refractivity contribution in [3.8, 4) is 0 Å². The molecule has 1 rings (SSSR count). The number of hydrogen-bond donors (Lipinski definition) is 0. The van der Waals surface area contributed by atoms with Crippen LogP contribution in [-0.4, -0.2) is 12.6 Å². The molecule has 6 heteroatoms. The summed E-state index contributed by atoms with van der Waals surface area (Å²) >= 11 is 0. The third-order valence-electron chi connectivity index (χ3n) is 2.45. The highest BCUT2D eigenvalue weighted by atomic mass is 19.4. The Balaban J connectivity index is 2.96. The molecule has 0 amide bonds. The maximum absolute atomic E-state index is 13.4. The smallest absolute Gasteiger partial charge is 0.417 e. The maximum atomic E-state index is 13.4. The normalized spacial score (nSPS) is 11.7. The van der Waals surface area contributed by atoms with Crippen LogP contribution in [-0.2, 0) is 10.9 Å². The van der Waals surface area contributed by atoms with Gasteiger partial charge in [0.2, 0.25) is 0 Å². The molecule has 0 aliphatic rings. The lowest BCUT2D eigenvalue weighted by Gasteiger charge is -2.13. The summed E-state index contributed by atoms with van der Waals surface area (Å²) < 4.78 is 56.1. The highest BCUT2D eigenvalue weighted by molar-refractivity contribution is 5.91.